The summed E-state index contributed by atoms with van der Waals surface area (Å²) in [7, 11) is 0. The SMILES string of the molecule is C=CC1(C)CCCN1C(=O)OCc1ccccc1. The fourth-order valence-electron chi connectivity index (χ4n) is 2.29. The molecular formula is C15H19NO2. The number of hydrogen-bond donors (Lipinski definition) is 0. The summed E-state index contributed by atoms with van der Waals surface area (Å²) in [6.07, 6.45) is 3.54. The predicted molar refractivity (Wildman–Crippen MR) is 71.2 cm³/mol. The van der Waals surface area contributed by atoms with Crippen molar-refractivity contribution in [1.82, 2.24) is 4.90 Å². The summed E-state index contributed by atoms with van der Waals surface area (Å²) in [4.78, 5) is 13.8. The van der Waals surface area contributed by atoms with Crippen LogP contribution in [-0.2, 0) is 11.3 Å². The van der Waals surface area contributed by atoms with Crippen LogP contribution < -0.4 is 0 Å². The number of benzene rings is 1. The van der Waals surface area contributed by atoms with E-state index in [1.165, 1.54) is 0 Å². The van der Waals surface area contributed by atoms with Crippen molar-refractivity contribution in [3.8, 4) is 0 Å². The molecule has 1 amide bonds. The summed E-state index contributed by atoms with van der Waals surface area (Å²) in [6, 6.07) is 9.72. The van der Waals surface area contributed by atoms with Gasteiger partial charge in [-0.15, -0.1) is 6.58 Å². The molecule has 1 saturated heterocycles. The minimum atomic E-state index is -0.256. The third-order valence-electron chi connectivity index (χ3n) is 3.55. The third kappa shape index (κ3) is 2.55. The number of hydrogen-bond acceptors (Lipinski definition) is 2. The highest BCUT2D eigenvalue weighted by Crippen LogP contribution is 2.30. The molecule has 1 aliphatic rings. The highest BCUT2D eigenvalue weighted by Gasteiger charge is 2.37. The Morgan fingerprint density at radius 1 is 1.50 bits per heavy atom. The molecule has 1 aromatic carbocycles. The van der Waals surface area contributed by atoms with Gasteiger partial charge in [-0.3, -0.25) is 4.90 Å². The van der Waals surface area contributed by atoms with E-state index in [9.17, 15) is 4.79 Å². The molecule has 1 atom stereocenters. The van der Waals surface area contributed by atoms with Crippen LogP contribution in [0.3, 0.4) is 0 Å². The fourth-order valence-corrected chi connectivity index (χ4v) is 2.29. The smallest absolute Gasteiger partial charge is 0.410 e. The van der Waals surface area contributed by atoms with E-state index < -0.39 is 0 Å². The van der Waals surface area contributed by atoms with Crippen molar-refractivity contribution < 1.29 is 9.53 Å². The van der Waals surface area contributed by atoms with Gasteiger partial charge in [0.05, 0.1) is 5.54 Å². The molecule has 0 aliphatic carbocycles. The highest BCUT2D eigenvalue weighted by molar-refractivity contribution is 5.69. The van der Waals surface area contributed by atoms with Crippen LogP contribution in [0.15, 0.2) is 43.0 Å². The lowest BCUT2D eigenvalue weighted by Crippen LogP contribution is -2.43. The number of carbonyl (C=O) groups is 1. The van der Waals surface area contributed by atoms with Crippen molar-refractivity contribution in [1.29, 1.82) is 0 Å². The van der Waals surface area contributed by atoms with Crippen LogP contribution in [-0.4, -0.2) is 23.1 Å². The van der Waals surface area contributed by atoms with E-state index in [1.807, 2.05) is 43.3 Å². The van der Waals surface area contributed by atoms with Crippen LogP contribution in [0.4, 0.5) is 4.79 Å². The van der Waals surface area contributed by atoms with Crippen molar-refractivity contribution >= 4 is 6.09 Å². The molecule has 0 saturated carbocycles. The molecule has 0 bridgehead atoms. The fraction of sp³-hybridized carbons (Fsp3) is 0.400. The van der Waals surface area contributed by atoms with E-state index in [1.54, 1.807) is 4.90 Å². The van der Waals surface area contributed by atoms with Gasteiger partial charge in [0.15, 0.2) is 0 Å². The molecule has 3 nitrogen and oxygen atoms in total. The molecule has 18 heavy (non-hydrogen) atoms. The van der Waals surface area contributed by atoms with Gasteiger partial charge < -0.3 is 4.74 Å². The van der Waals surface area contributed by atoms with Crippen LogP contribution in [0.2, 0.25) is 0 Å². The van der Waals surface area contributed by atoms with E-state index in [4.69, 9.17) is 4.74 Å². The lowest BCUT2D eigenvalue weighted by atomic mass is 10.00. The zero-order chi connectivity index (χ0) is 13.0. The van der Waals surface area contributed by atoms with Gasteiger partial charge in [-0.1, -0.05) is 36.4 Å². The highest BCUT2D eigenvalue weighted by atomic mass is 16.6. The van der Waals surface area contributed by atoms with Gasteiger partial charge in [0.25, 0.3) is 0 Å². The first-order chi connectivity index (χ1) is 8.65. The van der Waals surface area contributed by atoms with Crippen LogP contribution in [0.25, 0.3) is 0 Å². The molecule has 0 aromatic heterocycles. The van der Waals surface area contributed by atoms with Gasteiger partial charge in [-0.2, -0.15) is 0 Å². The molecule has 0 N–H and O–H groups in total. The zero-order valence-electron chi connectivity index (χ0n) is 10.8. The summed E-state index contributed by atoms with van der Waals surface area (Å²) < 4.78 is 5.35. The summed E-state index contributed by atoms with van der Waals surface area (Å²) in [6.45, 7) is 6.91. The largest absolute Gasteiger partial charge is 0.445 e. The third-order valence-corrected chi connectivity index (χ3v) is 3.55. The van der Waals surface area contributed by atoms with Crippen LogP contribution >= 0.6 is 0 Å². The van der Waals surface area contributed by atoms with E-state index in [0.717, 1.165) is 24.9 Å². The van der Waals surface area contributed by atoms with Gasteiger partial charge >= 0.3 is 6.09 Å². The van der Waals surface area contributed by atoms with E-state index in [-0.39, 0.29) is 11.6 Å². The molecule has 1 unspecified atom stereocenters. The van der Waals surface area contributed by atoms with Crippen molar-refractivity contribution in [3.63, 3.8) is 0 Å². The van der Waals surface area contributed by atoms with E-state index in [0.29, 0.717) is 6.61 Å². The first-order valence-electron chi connectivity index (χ1n) is 6.28. The number of nitrogens with zero attached hydrogens (tertiary/aromatic N) is 1. The molecule has 3 heteroatoms. The lowest BCUT2D eigenvalue weighted by Gasteiger charge is -2.31. The summed E-state index contributed by atoms with van der Waals surface area (Å²) in [5, 5.41) is 0. The number of carbonyl (C=O) groups excluding carboxylic acids is 1. The topological polar surface area (TPSA) is 29.5 Å². The normalized spacial score (nSPS) is 22.8. The number of ether oxygens (including phenoxy) is 1. The maximum absolute atomic E-state index is 12.0. The first kappa shape index (κ1) is 12.7. The average molecular weight is 245 g/mol. The number of rotatable bonds is 3. The Labute approximate surface area is 108 Å². The summed E-state index contributed by atoms with van der Waals surface area (Å²) in [5.41, 5.74) is 0.749. The molecule has 1 aliphatic heterocycles. The van der Waals surface area contributed by atoms with Crippen LogP contribution in [0, 0.1) is 0 Å². The second kappa shape index (κ2) is 5.25. The number of likely N-dealkylation sites (tertiary alicyclic amines) is 1. The Kier molecular flexibility index (Phi) is 3.70. The van der Waals surface area contributed by atoms with Crippen molar-refractivity contribution in [3.05, 3.63) is 48.6 Å². The minimum absolute atomic E-state index is 0.251. The molecule has 0 radical (unpaired) electrons. The van der Waals surface area contributed by atoms with Gasteiger partial charge in [-0.05, 0) is 25.3 Å². The van der Waals surface area contributed by atoms with Crippen molar-refractivity contribution in [2.75, 3.05) is 6.54 Å². The molecule has 1 heterocycles. The minimum Gasteiger partial charge on any atom is -0.445 e. The van der Waals surface area contributed by atoms with Crippen LogP contribution in [0.5, 0.6) is 0 Å². The van der Waals surface area contributed by atoms with E-state index >= 15 is 0 Å². The first-order valence-corrected chi connectivity index (χ1v) is 6.28. The second-order valence-corrected chi connectivity index (χ2v) is 4.86. The molecule has 1 aromatic rings. The van der Waals surface area contributed by atoms with Gasteiger partial charge in [-0.25, -0.2) is 4.79 Å². The molecule has 2 rings (SSSR count). The molecule has 96 valence electrons. The Hall–Kier alpha value is -1.77. The van der Waals surface area contributed by atoms with Crippen molar-refractivity contribution in [2.24, 2.45) is 0 Å². The Morgan fingerprint density at radius 3 is 2.89 bits per heavy atom. The van der Waals surface area contributed by atoms with Gasteiger partial charge in [0.2, 0.25) is 0 Å². The molecular weight excluding hydrogens is 226 g/mol. The van der Waals surface area contributed by atoms with Gasteiger partial charge in [0.1, 0.15) is 6.61 Å². The quantitative estimate of drug-likeness (QED) is 0.764. The standard InChI is InChI=1S/C15H19NO2/c1-3-15(2)10-7-11-16(15)14(17)18-12-13-8-5-4-6-9-13/h3-6,8-9H,1,7,10-12H2,2H3. The second-order valence-electron chi connectivity index (χ2n) is 4.86. The Balaban J connectivity index is 1.94. The maximum atomic E-state index is 12.0. The summed E-state index contributed by atoms with van der Waals surface area (Å²) in [5.74, 6) is 0. The summed E-state index contributed by atoms with van der Waals surface area (Å²) >= 11 is 0. The van der Waals surface area contributed by atoms with Crippen molar-refractivity contribution in [2.45, 2.75) is 31.9 Å². The predicted octanol–water partition coefficient (Wildman–Crippen LogP) is 3.36. The zero-order valence-corrected chi connectivity index (χ0v) is 10.8. The Bertz CT molecular complexity index is 429. The molecule has 0 spiro atoms. The number of amides is 1. The maximum Gasteiger partial charge on any atom is 0.410 e. The average Bonchev–Trinajstić information content (AvgIpc) is 2.80. The van der Waals surface area contributed by atoms with E-state index in [2.05, 4.69) is 6.58 Å². The lowest BCUT2D eigenvalue weighted by molar-refractivity contribution is 0.0819. The Morgan fingerprint density at radius 2 is 2.22 bits per heavy atom. The van der Waals surface area contributed by atoms with Gasteiger partial charge in [0, 0.05) is 6.54 Å². The monoisotopic (exact) mass is 245 g/mol. The molecule has 1 fully saturated rings. The van der Waals surface area contributed by atoms with Crippen LogP contribution in [0.1, 0.15) is 25.3 Å².